The van der Waals surface area contributed by atoms with Crippen LogP contribution in [0.15, 0.2) is 54.6 Å². The zero-order chi connectivity index (χ0) is 14.8. The second-order valence-corrected chi connectivity index (χ2v) is 4.84. The molecule has 0 spiro atoms. The summed E-state index contributed by atoms with van der Waals surface area (Å²) in [5.74, 6) is -1.39. The number of nitrogens with zero attached hydrogens (tertiary/aromatic N) is 1. The molecular formula is C17H13NO3. The van der Waals surface area contributed by atoms with Gasteiger partial charge in [0.05, 0.1) is 0 Å². The molecule has 1 aliphatic rings. The van der Waals surface area contributed by atoms with Crippen LogP contribution in [0.4, 0.5) is 0 Å². The van der Waals surface area contributed by atoms with Crippen molar-refractivity contribution >= 4 is 17.7 Å². The molecule has 3 amide bonds. The highest BCUT2D eigenvalue weighted by Gasteiger charge is 2.35. The fraction of sp³-hybridized carbons (Fsp3) is 0.118. The van der Waals surface area contributed by atoms with E-state index in [4.69, 9.17) is 0 Å². The van der Waals surface area contributed by atoms with E-state index in [9.17, 15) is 14.4 Å². The molecule has 1 saturated heterocycles. The molecule has 0 aliphatic carbocycles. The third kappa shape index (κ3) is 2.36. The van der Waals surface area contributed by atoms with Gasteiger partial charge in [-0.2, -0.15) is 0 Å². The first-order chi connectivity index (χ1) is 10.2. The molecule has 0 unspecified atom stereocenters. The van der Waals surface area contributed by atoms with Crippen LogP contribution in [0.25, 0.3) is 11.1 Å². The number of carbonyl (C=O) groups excluding carboxylic acids is 3. The number of amides is 3. The van der Waals surface area contributed by atoms with Crippen molar-refractivity contribution in [1.29, 1.82) is 0 Å². The maximum Gasteiger partial charge on any atom is 0.267 e. The van der Waals surface area contributed by atoms with Gasteiger partial charge in [-0.05, 0) is 17.2 Å². The summed E-state index contributed by atoms with van der Waals surface area (Å²) in [6, 6.07) is 16.4. The van der Waals surface area contributed by atoms with Crippen molar-refractivity contribution in [3.63, 3.8) is 0 Å². The molecule has 4 heteroatoms. The van der Waals surface area contributed by atoms with E-state index in [2.05, 4.69) is 0 Å². The van der Waals surface area contributed by atoms with Crippen molar-refractivity contribution in [3.8, 4) is 11.1 Å². The molecule has 1 heterocycles. The number of benzene rings is 2. The predicted molar refractivity (Wildman–Crippen MR) is 77.3 cm³/mol. The molecule has 21 heavy (non-hydrogen) atoms. The van der Waals surface area contributed by atoms with E-state index in [0.29, 0.717) is 5.56 Å². The Morgan fingerprint density at radius 2 is 1.38 bits per heavy atom. The monoisotopic (exact) mass is 279 g/mol. The van der Waals surface area contributed by atoms with Gasteiger partial charge in [-0.3, -0.25) is 14.4 Å². The van der Waals surface area contributed by atoms with E-state index >= 15 is 0 Å². The van der Waals surface area contributed by atoms with Gasteiger partial charge < -0.3 is 0 Å². The average Bonchev–Trinajstić information content (AvgIpc) is 2.86. The Hall–Kier alpha value is -2.75. The van der Waals surface area contributed by atoms with Crippen LogP contribution in [0, 0.1) is 0 Å². The highest BCUT2D eigenvalue weighted by atomic mass is 16.2. The maximum atomic E-state index is 12.5. The minimum atomic E-state index is -0.540. The summed E-state index contributed by atoms with van der Waals surface area (Å²) >= 11 is 0. The quantitative estimate of drug-likeness (QED) is 0.794. The Morgan fingerprint density at radius 1 is 0.810 bits per heavy atom. The first kappa shape index (κ1) is 13.2. The number of carbonyl (C=O) groups is 3. The number of hydrogen-bond donors (Lipinski definition) is 0. The molecule has 104 valence electrons. The van der Waals surface area contributed by atoms with Gasteiger partial charge in [0.15, 0.2) is 0 Å². The molecule has 0 aromatic heterocycles. The number of likely N-dealkylation sites (tertiary alicyclic amines) is 1. The lowest BCUT2D eigenvalue weighted by molar-refractivity contribution is -0.134. The number of imide groups is 3. The average molecular weight is 279 g/mol. The summed E-state index contributed by atoms with van der Waals surface area (Å²) in [6.07, 6.45) is 0.218. The maximum absolute atomic E-state index is 12.5. The van der Waals surface area contributed by atoms with Crippen molar-refractivity contribution < 1.29 is 14.4 Å². The smallest absolute Gasteiger partial charge is 0.267 e. The molecule has 2 aromatic carbocycles. The summed E-state index contributed by atoms with van der Waals surface area (Å²) in [5.41, 5.74) is 1.96. The van der Waals surface area contributed by atoms with Crippen molar-refractivity contribution in [2.75, 3.05) is 0 Å². The van der Waals surface area contributed by atoms with Gasteiger partial charge in [-0.1, -0.05) is 48.5 Å². The van der Waals surface area contributed by atoms with Crippen LogP contribution in [-0.4, -0.2) is 22.6 Å². The van der Waals surface area contributed by atoms with E-state index in [1.807, 2.05) is 42.5 Å². The Morgan fingerprint density at radius 3 is 2.05 bits per heavy atom. The lowest BCUT2D eigenvalue weighted by atomic mass is 9.99. The summed E-state index contributed by atoms with van der Waals surface area (Å²) in [7, 11) is 0. The van der Waals surface area contributed by atoms with E-state index in [-0.39, 0.29) is 12.8 Å². The van der Waals surface area contributed by atoms with Crippen LogP contribution in [-0.2, 0) is 9.59 Å². The second-order valence-electron chi connectivity index (χ2n) is 4.84. The molecule has 1 aliphatic heterocycles. The molecule has 0 N–H and O–H groups in total. The molecule has 0 bridgehead atoms. The normalized spacial score (nSPS) is 14.6. The van der Waals surface area contributed by atoms with Gasteiger partial charge in [0.25, 0.3) is 5.91 Å². The van der Waals surface area contributed by atoms with Crippen molar-refractivity contribution in [2.45, 2.75) is 12.8 Å². The lowest BCUT2D eigenvalue weighted by Gasteiger charge is -2.15. The summed E-state index contributed by atoms with van der Waals surface area (Å²) < 4.78 is 0. The van der Waals surface area contributed by atoms with E-state index in [1.165, 1.54) is 0 Å². The van der Waals surface area contributed by atoms with Crippen LogP contribution in [0.3, 0.4) is 0 Å². The first-order valence-corrected chi connectivity index (χ1v) is 6.73. The van der Waals surface area contributed by atoms with Crippen LogP contribution >= 0.6 is 0 Å². The SMILES string of the molecule is O=C1CCC(=O)N1C(=O)c1ccccc1-c1ccccc1. The van der Waals surface area contributed by atoms with E-state index < -0.39 is 17.7 Å². The van der Waals surface area contributed by atoms with Crippen molar-refractivity contribution in [2.24, 2.45) is 0 Å². The van der Waals surface area contributed by atoms with E-state index in [1.54, 1.807) is 12.1 Å². The van der Waals surface area contributed by atoms with Gasteiger partial charge in [-0.15, -0.1) is 0 Å². The number of rotatable bonds is 2. The van der Waals surface area contributed by atoms with Gasteiger partial charge in [-0.25, -0.2) is 4.90 Å². The van der Waals surface area contributed by atoms with Crippen molar-refractivity contribution in [1.82, 2.24) is 4.90 Å². The predicted octanol–water partition coefficient (Wildman–Crippen LogP) is 2.64. The first-order valence-electron chi connectivity index (χ1n) is 6.73. The molecule has 3 rings (SSSR count). The minimum absolute atomic E-state index is 0.109. The third-order valence-corrected chi connectivity index (χ3v) is 3.50. The Kier molecular flexibility index (Phi) is 3.36. The Balaban J connectivity index is 2.06. The third-order valence-electron chi connectivity index (χ3n) is 3.50. The largest absolute Gasteiger partial charge is 0.274 e. The van der Waals surface area contributed by atoms with E-state index in [0.717, 1.165) is 16.0 Å². The topological polar surface area (TPSA) is 54.5 Å². The molecular weight excluding hydrogens is 266 g/mol. The van der Waals surface area contributed by atoms with Gasteiger partial charge in [0.2, 0.25) is 11.8 Å². The van der Waals surface area contributed by atoms with Gasteiger partial charge in [0.1, 0.15) is 0 Å². The highest BCUT2D eigenvalue weighted by molar-refractivity contribution is 6.21. The van der Waals surface area contributed by atoms with Crippen molar-refractivity contribution in [3.05, 3.63) is 60.2 Å². The zero-order valence-electron chi connectivity index (χ0n) is 11.3. The van der Waals surface area contributed by atoms with Crippen LogP contribution in [0.2, 0.25) is 0 Å². The Labute approximate surface area is 122 Å². The molecule has 0 radical (unpaired) electrons. The van der Waals surface area contributed by atoms with Gasteiger partial charge in [0, 0.05) is 18.4 Å². The minimum Gasteiger partial charge on any atom is -0.274 e. The summed E-state index contributed by atoms with van der Waals surface area (Å²) in [4.78, 5) is 36.8. The Bertz CT molecular complexity index is 706. The lowest BCUT2D eigenvalue weighted by Crippen LogP contribution is -2.35. The molecule has 0 atom stereocenters. The standard InChI is InChI=1S/C17H13NO3/c19-15-10-11-16(20)18(15)17(21)14-9-5-4-8-13(14)12-6-2-1-3-7-12/h1-9H,10-11H2. The second kappa shape index (κ2) is 5.32. The zero-order valence-corrected chi connectivity index (χ0v) is 11.3. The highest BCUT2D eigenvalue weighted by Crippen LogP contribution is 2.26. The van der Waals surface area contributed by atoms with Crippen LogP contribution < -0.4 is 0 Å². The fourth-order valence-electron chi connectivity index (χ4n) is 2.46. The van der Waals surface area contributed by atoms with Crippen LogP contribution in [0.5, 0.6) is 0 Å². The number of hydrogen-bond acceptors (Lipinski definition) is 3. The van der Waals surface area contributed by atoms with Crippen LogP contribution in [0.1, 0.15) is 23.2 Å². The molecule has 0 saturated carbocycles. The fourth-order valence-corrected chi connectivity index (χ4v) is 2.46. The molecule has 1 fully saturated rings. The summed E-state index contributed by atoms with van der Waals surface area (Å²) in [5, 5.41) is 0. The molecule has 4 nitrogen and oxygen atoms in total. The summed E-state index contributed by atoms with van der Waals surface area (Å²) in [6.45, 7) is 0. The van der Waals surface area contributed by atoms with Gasteiger partial charge >= 0.3 is 0 Å². The molecule has 2 aromatic rings.